The van der Waals surface area contributed by atoms with Crippen LogP contribution in [0.3, 0.4) is 0 Å². The SMILES string of the molecule is CCCOc1ccc(C2C(C#N)=C(N)Oc3cc(OC(=O)c4oc5cc(C)c(C)cc5c4C)ccc32)cc1. The molecule has 1 aliphatic rings. The van der Waals surface area contributed by atoms with E-state index in [0.29, 0.717) is 23.5 Å². The average Bonchev–Trinajstić information content (AvgIpc) is 3.22. The van der Waals surface area contributed by atoms with Gasteiger partial charge in [-0.25, -0.2) is 4.79 Å². The molecule has 38 heavy (non-hydrogen) atoms. The van der Waals surface area contributed by atoms with Gasteiger partial charge in [-0.05, 0) is 74.2 Å². The van der Waals surface area contributed by atoms with Crippen LogP contribution in [0, 0.1) is 32.1 Å². The van der Waals surface area contributed by atoms with Crippen LogP contribution in [0.4, 0.5) is 0 Å². The van der Waals surface area contributed by atoms with E-state index in [1.165, 1.54) is 0 Å². The second-order valence-corrected chi connectivity index (χ2v) is 9.42. The first-order valence-electron chi connectivity index (χ1n) is 12.5. The number of carbonyl (C=O) groups excluding carboxylic acids is 1. The summed E-state index contributed by atoms with van der Waals surface area (Å²) in [6, 6.07) is 18.8. The van der Waals surface area contributed by atoms with Crippen molar-refractivity contribution < 1.29 is 23.4 Å². The van der Waals surface area contributed by atoms with Gasteiger partial charge in [-0.1, -0.05) is 25.1 Å². The number of rotatable bonds is 6. The van der Waals surface area contributed by atoms with E-state index in [9.17, 15) is 10.1 Å². The van der Waals surface area contributed by atoms with Crippen molar-refractivity contribution in [2.75, 3.05) is 6.61 Å². The van der Waals surface area contributed by atoms with Gasteiger partial charge in [0.05, 0.1) is 12.5 Å². The number of benzene rings is 3. The molecule has 2 N–H and O–H groups in total. The minimum Gasteiger partial charge on any atom is -0.494 e. The Morgan fingerprint density at radius 1 is 1.03 bits per heavy atom. The molecule has 7 heteroatoms. The molecule has 2 heterocycles. The fourth-order valence-corrected chi connectivity index (χ4v) is 4.64. The summed E-state index contributed by atoms with van der Waals surface area (Å²) in [5.41, 5.74) is 11.6. The highest BCUT2D eigenvalue weighted by Crippen LogP contribution is 2.44. The maximum atomic E-state index is 13.1. The standard InChI is InChI=1S/C31H28N2O5/c1-5-12-35-21-8-6-20(7-9-21)28-23-11-10-22(15-27(23)38-30(33)25(28)16-32)36-31(34)29-19(4)24-13-17(2)18(3)14-26(24)37-29/h6-11,13-15,28H,5,12,33H2,1-4H3. The highest BCUT2D eigenvalue weighted by molar-refractivity contribution is 5.97. The number of aryl methyl sites for hydroxylation is 3. The van der Waals surface area contributed by atoms with Crippen LogP contribution in [0.2, 0.25) is 0 Å². The summed E-state index contributed by atoms with van der Waals surface area (Å²) in [5, 5.41) is 10.7. The average molecular weight is 509 g/mol. The van der Waals surface area contributed by atoms with Gasteiger partial charge in [0.25, 0.3) is 0 Å². The number of nitrogens with zero attached hydrogens (tertiary/aromatic N) is 1. The zero-order valence-corrected chi connectivity index (χ0v) is 21.8. The molecule has 0 saturated heterocycles. The van der Waals surface area contributed by atoms with Crippen molar-refractivity contribution in [3.8, 4) is 23.3 Å². The molecule has 1 atom stereocenters. The fraction of sp³-hybridized carbons (Fsp3) is 0.226. The Balaban J connectivity index is 1.45. The zero-order chi connectivity index (χ0) is 27.0. The topological polar surface area (TPSA) is 108 Å². The minimum atomic E-state index is -0.606. The van der Waals surface area contributed by atoms with E-state index in [1.54, 1.807) is 18.2 Å². The smallest absolute Gasteiger partial charge is 0.379 e. The van der Waals surface area contributed by atoms with Crippen LogP contribution in [-0.2, 0) is 0 Å². The van der Waals surface area contributed by atoms with Crippen LogP contribution in [-0.4, -0.2) is 12.6 Å². The highest BCUT2D eigenvalue weighted by atomic mass is 16.5. The number of hydrogen-bond donors (Lipinski definition) is 1. The second kappa shape index (κ2) is 9.98. The lowest BCUT2D eigenvalue weighted by Gasteiger charge is -2.26. The summed E-state index contributed by atoms with van der Waals surface area (Å²) in [7, 11) is 0. The molecule has 0 radical (unpaired) electrons. The Morgan fingerprint density at radius 3 is 2.45 bits per heavy atom. The Hall–Kier alpha value is -4.70. The minimum absolute atomic E-state index is 0.0126. The number of esters is 1. The van der Waals surface area contributed by atoms with E-state index in [4.69, 9.17) is 24.4 Å². The second-order valence-electron chi connectivity index (χ2n) is 9.42. The van der Waals surface area contributed by atoms with Crippen molar-refractivity contribution in [2.24, 2.45) is 5.73 Å². The molecular formula is C31H28N2O5. The van der Waals surface area contributed by atoms with Crippen molar-refractivity contribution in [1.82, 2.24) is 0 Å². The number of furan rings is 1. The number of nitrogens with two attached hydrogens (primary N) is 1. The molecule has 0 aliphatic carbocycles. The van der Waals surface area contributed by atoms with Gasteiger partial charge in [0, 0.05) is 22.6 Å². The summed E-state index contributed by atoms with van der Waals surface area (Å²) in [6.07, 6.45) is 0.912. The molecule has 0 amide bonds. The molecule has 5 rings (SSSR count). The molecule has 1 unspecified atom stereocenters. The highest BCUT2D eigenvalue weighted by Gasteiger charge is 2.31. The van der Waals surface area contributed by atoms with E-state index < -0.39 is 11.9 Å². The number of carbonyl (C=O) groups is 1. The van der Waals surface area contributed by atoms with Gasteiger partial charge in [-0.15, -0.1) is 0 Å². The Morgan fingerprint density at radius 2 is 1.74 bits per heavy atom. The van der Waals surface area contributed by atoms with Gasteiger partial charge in [-0.2, -0.15) is 5.26 Å². The molecule has 7 nitrogen and oxygen atoms in total. The first-order chi connectivity index (χ1) is 18.3. The third kappa shape index (κ3) is 4.46. The number of fused-ring (bicyclic) bond motifs is 2. The number of hydrogen-bond acceptors (Lipinski definition) is 7. The third-order valence-corrected chi connectivity index (χ3v) is 6.83. The molecule has 0 spiro atoms. The van der Waals surface area contributed by atoms with E-state index in [1.807, 2.05) is 64.1 Å². The number of ether oxygens (including phenoxy) is 3. The predicted molar refractivity (Wildman–Crippen MR) is 143 cm³/mol. The molecule has 0 saturated carbocycles. The lowest BCUT2D eigenvalue weighted by molar-refractivity contribution is 0.0702. The summed E-state index contributed by atoms with van der Waals surface area (Å²) in [4.78, 5) is 13.1. The summed E-state index contributed by atoms with van der Waals surface area (Å²) >= 11 is 0. The van der Waals surface area contributed by atoms with E-state index in [-0.39, 0.29) is 17.4 Å². The van der Waals surface area contributed by atoms with Gasteiger partial charge in [-0.3, -0.25) is 0 Å². The van der Waals surface area contributed by atoms with Crippen molar-refractivity contribution >= 4 is 16.9 Å². The quantitative estimate of drug-likeness (QED) is 0.231. The van der Waals surface area contributed by atoms with Crippen molar-refractivity contribution in [1.29, 1.82) is 5.26 Å². The first-order valence-corrected chi connectivity index (χ1v) is 12.5. The number of allylic oxidation sites excluding steroid dienone is 1. The normalized spacial score (nSPS) is 14.6. The largest absolute Gasteiger partial charge is 0.494 e. The Bertz CT molecular complexity index is 1620. The number of nitriles is 1. The van der Waals surface area contributed by atoms with E-state index in [0.717, 1.165) is 45.4 Å². The lowest BCUT2D eigenvalue weighted by Crippen LogP contribution is -2.21. The molecule has 0 fully saturated rings. The van der Waals surface area contributed by atoms with Crippen molar-refractivity contribution in [2.45, 2.75) is 40.0 Å². The molecule has 0 bridgehead atoms. The molecule has 192 valence electrons. The van der Waals surface area contributed by atoms with Gasteiger partial charge in [0.2, 0.25) is 11.6 Å². The van der Waals surface area contributed by atoms with Gasteiger partial charge >= 0.3 is 5.97 Å². The first kappa shape index (κ1) is 25.0. The summed E-state index contributed by atoms with van der Waals surface area (Å²) in [5.74, 6) is 0.568. The zero-order valence-electron chi connectivity index (χ0n) is 21.8. The maximum absolute atomic E-state index is 13.1. The van der Waals surface area contributed by atoms with Gasteiger partial charge in [0.1, 0.15) is 34.5 Å². The lowest BCUT2D eigenvalue weighted by atomic mass is 9.83. The summed E-state index contributed by atoms with van der Waals surface area (Å²) in [6.45, 7) is 8.53. The summed E-state index contributed by atoms with van der Waals surface area (Å²) < 4.78 is 23.0. The van der Waals surface area contributed by atoms with Crippen LogP contribution in [0.1, 0.15) is 57.6 Å². The Kier molecular flexibility index (Phi) is 6.56. The molecule has 4 aromatic rings. The predicted octanol–water partition coefficient (Wildman–Crippen LogP) is 6.58. The molecular weight excluding hydrogens is 480 g/mol. The Labute approximate surface area is 221 Å². The monoisotopic (exact) mass is 508 g/mol. The molecule has 1 aliphatic heterocycles. The van der Waals surface area contributed by atoms with E-state index >= 15 is 0 Å². The van der Waals surface area contributed by atoms with Crippen LogP contribution >= 0.6 is 0 Å². The van der Waals surface area contributed by atoms with Crippen LogP contribution in [0.5, 0.6) is 17.2 Å². The van der Waals surface area contributed by atoms with Crippen LogP contribution in [0.25, 0.3) is 11.0 Å². The fourth-order valence-electron chi connectivity index (χ4n) is 4.64. The molecule has 3 aromatic carbocycles. The van der Waals surface area contributed by atoms with Crippen LogP contribution in [0.15, 0.2) is 70.5 Å². The van der Waals surface area contributed by atoms with Crippen molar-refractivity contribution in [3.05, 3.63) is 99.6 Å². The van der Waals surface area contributed by atoms with Gasteiger partial charge < -0.3 is 24.4 Å². The maximum Gasteiger partial charge on any atom is 0.379 e. The van der Waals surface area contributed by atoms with Crippen LogP contribution < -0.4 is 19.9 Å². The van der Waals surface area contributed by atoms with E-state index in [2.05, 4.69) is 6.07 Å². The van der Waals surface area contributed by atoms with Gasteiger partial charge in [0.15, 0.2) is 0 Å². The third-order valence-electron chi connectivity index (χ3n) is 6.83. The van der Waals surface area contributed by atoms with Crippen molar-refractivity contribution in [3.63, 3.8) is 0 Å². The molecule has 1 aromatic heterocycles.